The van der Waals surface area contributed by atoms with Crippen LogP contribution < -0.4 is 15.4 Å². The van der Waals surface area contributed by atoms with E-state index in [9.17, 15) is 4.79 Å². The molecule has 0 atom stereocenters. The molecule has 1 aromatic rings. The number of nitrogens with one attached hydrogen (secondary N) is 2. The van der Waals surface area contributed by atoms with Crippen molar-refractivity contribution in [1.29, 1.82) is 0 Å². The highest BCUT2D eigenvalue weighted by Gasteiger charge is 2.35. The number of hydrogen-bond donors (Lipinski definition) is 2. The maximum atomic E-state index is 11.8. The number of ether oxygens (including phenoxy) is 2. The van der Waals surface area contributed by atoms with Gasteiger partial charge in [0, 0.05) is 29.6 Å². The standard InChI is InChI=1S/C19H30N2O3S/c1-18(2,3)24-17(22)21-15-7-5-8-16(13-15)23-12-11-20-14-19(25-4)9-6-10-19/h5,7-8,13,20H,6,9-12,14H2,1-4H3,(H,21,22). The van der Waals surface area contributed by atoms with Crippen LogP contribution in [0.2, 0.25) is 0 Å². The Labute approximate surface area is 155 Å². The Kier molecular flexibility index (Phi) is 7.02. The van der Waals surface area contributed by atoms with Crippen LogP contribution in [0.3, 0.4) is 0 Å². The highest BCUT2D eigenvalue weighted by atomic mass is 32.2. The number of carbonyl (C=O) groups excluding carboxylic acids is 1. The molecule has 2 N–H and O–H groups in total. The molecule has 0 bridgehead atoms. The van der Waals surface area contributed by atoms with Crippen molar-refractivity contribution in [3.05, 3.63) is 24.3 Å². The van der Waals surface area contributed by atoms with E-state index in [1.807, 2.05) is 50.7 Å². The quantitative estimate of drug-likeness (QED) is 0.672. The summed E-state index contributed by atoms with van der Waals surface area (Å²) in [7, 11) is 0. The molecule has 1 aromatic carbocycles. The summed E-state index contributed by atoms with van der Waals surface area (Å²) >= 11 is 1.97. The summed E-state index contributed by atoms with van der Waals surface area (Å²) < 4.78 is 11.5. The molecule has 1 amide bonds. The summed E-state index contributed by atoms with van der Waals surface area (Å²) in [6, 6.07) is 7.36. The molecule has 1 aliphatic rings. The van der Waals surface area contributed by atoms with E-state index < -0.39 is 11.7 Å². The smallest absolute Gasteiger partial charge is 0.412 e. The van der Waals surface area contributed by atoms with Crippen molar-refractivity contribution in [2.24, 2.45) is 0 Å². The zero-order valence-corrected chi connectivity index (χ0v) is 16.5. The predicted molar refractivity (Wildman–Crippen MR) is 105 cm³/mol. The van der Waals surface area contributed by atoms with Gasteiger partial charge in [-0.3, -0.25) is 5.32 Å². The van der Waals surface area contributed by atoms with E-state index in [0.717, 1.165) is 18.8 Å². The molecule has 0 aliphatic heterocycles. The molecule has 0 saturated heterocycles. The van der Waals surface area contributed by atoms with Gasteiger partial charge in [-0.05, 0) is 52.0 Å². The highest BCUT2D eigenvalue weighted by molar-refractivity contribution is 8.00. The Bertz CT molecular complexity index is 563. The van der Waals surface area contributed by atoms with E-state index >= 15 is 0 Å². The van der Waals surface area contributed by atoms with E-state index in [-0.39, 0.29) is 0 Å². The number of thioether (sulfide) groups is 1. The molecule has 1 saturated carbocycles. The number of rotatable bonds is 8. The lowest BCUT2D eigenvalue weighted by atomic mass is 9.84. The minimum absolute atomic E-state index is 0.442. The lowest BCUT2D eigenvalue weighted by Crippen LogP contribution is -2.44. The van der Waals surface area contributed by atoms with E-state index in [0.29, 0.717) is 17.0 Å². The molecule has 2 rings (SSSR count). The third-order valence-corrected chi connectivity index (χ3v) is 5.59. The second-order valence-corrected chi connectivity index (χ2v) is 8.69. The Morgan fingerprint density at radius 2 is 2.08 bits per heavy atom. The van der Waals surface area contributed by atoms with Gasteiger partial charge in [0.1, 0.15) is 18.0 Å². The highest BCUT2D eigenvalue weighted by Crippen LogP contribution is 2.42. The van der Waals surface area contributed by atoms with Crippen molar-refractivity contribution in [3.8, 4) is 5.75 Å². The molecular formula is C19H30N2O3S. The number of amides is 1. The van der Waals surface area contributed by atoms with Gasteiger partial charge < -0.3 is 14.8 Å². The molecule has 0 aromatic heterocycles. The van der Waals surface area contributed by atoms with Crippen molar-refractivity contribution in [3.63, 3.8) is 0 Å². The molecule has 140 valence electrons. The van der Waals surface area contributed by atoms with Gasteiger partial charge in [0.05, 0.1) is 0 Å². The molecule has 0 radical (unpaired) electrons. The van der Waals surface area contributed by atoms with Gasteiger partial charge in [0.25, 0.3) is 0 Å². The number of benzene rings is 1. The topological polar surface area (TPSA) is 59.6 Å². The lowest BCUT2D eigenvalue weighted by molar-refractivity contribution is 0.0636. The van der Waals surface area contributed by atoms with Crippen molar-refractivity contribution in [2.75, 3.05) is 31.3 Å². The summed E-state index contributed by atoms with van der Waals surface area (Å²) in [5.41, 5.74) is 0.147. The minimum atomic E-state index is -0.515. The Morgan fingerprint density at radius 1 is 1.32 bits per heavy atom. The van der Waals surface area contributed by atoms with Crippen LogP contribution in [0.15, 0.2) is 24.3 Å². The molecular weight excluding hydrogens is 336 g/mol. The third-order valence-electron chi connectivity index (χ3n) is 4.17. The van der Waals surface area contributed by atoms with Crippen LogP contribution in [0.4, 0.5) is 10.5 Å². The summed E-state index contributed by atoms with van der Waals surface area (Å²) in [5.74, 6) is 0.735. The van der Waals surface area contributed by atoms with Crippen molar-refractivity contribution < 1.29 is 14.3 Å². The molecule has 0 heterocycles. The van der Waals surface area contributed by atoms with Crippen LogP contribution in [0.1, 0.15) is 40.0 Å². The third kappa shape index (κ3) is 6.78. The van der Waals surface area contributed by atoms with Crippen molar-refractivity contribution in [2.45, 2.75) is 50.4 Å². The number of hydrogen-bond acceptors (Lipinski definition) is 5. The van der Waals surface area contributed by atoms with Crippen LogP contribution in [0.5, 0.6) is 5.75 Å². The average molecular weight is 367 g/mol. The summed E-state index contributed by atoms with van der Waals surface area (Å²) in [4.78, 5) is 11.8. The monoisotopic (exact) mass is 366 g/mol. The van der Waals surface area contributed by atoms with Crippen LogP contribution >= 0.6 is 11.8 Å². The average Bonchev–Trinajstić information content (AvgIpc) is 2.47. The van der Waals surface area contributed by atoms with E-state index in [4.69, 9.17) is 9.47 Å². The summed E-state index contributed by atoms with van der Waals surface area (Å²) in [5, 5.41) is 6.21. The summed E-state index contributed by atoms with van der Waals surface area (Å²) in [6.45, 7) is 7.96. The summed E-state index contributed by atoms with van der Waals surface area (Å²) in [6.07, 6.45) is 5.69. The van der Waals surface area contributed by atoms with Gasteiger partial charge >= 0.3 is 6.09 Å². The SMILES string of the molecule is CSC1(CNCCOc2cccc(NC(=O)OC(C)(C)C)c2)CCC1. The normalized spacial score (nSPS) is 16.0. The molecule has 6 heteroatoms. The maximum absolute atomic E-state index is 11.8. The van der Waals surface area contributed by atoms with Gasteiger partial charge in [0.2, 0.25) is 0 Å². The first-order chi connectivity index (χ1) is 11.8. The van der Waals surface area contributed by atoms with E-state index in [1.54, 1.807) is 6.07 Å². The Hall–Kier alpha value is -1.40. The van der Waals surface area contributed by atoms with Crippen LogP contribution in [-0.2, 0) is 4.74 Å². The predicted octanol–water partition coefficient (Wildman–Crippen LogP) is 4.29. The zero-order chi connectivity index (χ0) is 18.3. The van der Waals surface area contributed by atoms with Gasteiger partial charge in [-0.2, -0.15) is 11.8 Å². The first-order valence-corrected chi connectivity index (χ1v) is 10.0. The van der Waals surface area contributed by atoms with Crippen LogP contribution in [0.25, 0.3) is 0 Å². The van der Waals surface area contributed by atoms with Gasteiger partial charge in [0.15, 0.2) is 0 Å². The lowest BCUT2D eigenvalue weighted by Gasteiger charge is -2.40. The van der Waals surface area contributed by atoms with Crippen LogP contribution in [-0.4, -0.2) is 42.4 Å². The molecule has 5 nitrogen and oxygen atoms in total. The molecule has 0 unspecified atom stereocenters. The molecule has 0 spiro atoms. The van der Waals surface area contributed by atoms with E-state index in [1.165, 1.54) is 19.3 Å². The van der Waals surface area contributed by atoms with Crippen molar-refractivity contribution in [1.82, 2.24) is 5.32 Å². The molecule has 1 fully saturated rings. The molecule has 25 heavy (non-hydrogen) atoms. The second kappa shape index (κ2) is 8.81. The second-order valence-electron chi connectivity index (χ2n) is 7.42. The fourth-order valence-corrected chi connectivity index (χ4v) is 3.61. The van der Waals surface area contributed by atoms with E-state index in [2.05, 4.69) is 16.9 Å². The zero-order valence-electron chi connectivity index (χ0n) is 15.7. The fraction of sp³-hybridized carbons (Fsp3) is 0.632. The van der Waals surface area contributed by atoms with Gasteiger partial charge in [-0.1, -0.05) is 12.5 Å². The Morgan fingerprint density at radius 3 is 2.68 bits per heavy atom. The van der Waals surface area contributed by atoms with Crippen LogP contribution in [0, 0.1) is 0 Å². The van der Waals surface area contributed by atoms with Gasteiger partial charge in [-0.15, -0.1) is 0 Å². The Balaban J connectivity index is 1.71. The fourth-order valence-electron chi connectivity index (χ4n) is 2.67. The number of carbonyl (C=O) groups is 1. The largest absolute Gasteiger partial charge is 0.492 e. The van der Waals surface area contributed by atoms with Gasteiger partial charge in [-0.25, -0.2) is 4.79 Å². The maximum Gasteiger partial charge on any atom is 0.412 e. The minimum Gasteiger partial charge on any atom is -0.492 e. The molecule has 1 aliphatic carbocycles. The first kappa shape index (κ1) is 19.9. The van der Waals surface area contributed by atoms with Crippen molar-refractivity contribution >= 4 is 23.5 Å². The number of anilines is 1. The first-order valence-electron chi connectivity index (χ1n) is 8.81.